The molecule has 0 saturated carbocycles. The summed E-state index contributed by atoms with van der Waals surface area (Å²) >= 11 is 1.14. The van der Waals surface area contributed by atoms with Crippen LogP contribution in [0.25, 0.3) is 16.7 Å². The van der Waals surface area contributed by atoms with Crippen molar-refractivity contribution in [2.45, 2.75) is 11.7 Å². The van der Waals surface area contributed by atoms with Crippen molar-refractivity contribution in [1.82, 2.24) is 19.2 Å². The predicted molar refractivity (Wildman–Crippen MR) is 110 cm³/mol. The summed E-state index contributed by atoms with van der Waals surface area (Å²) in [6.07, 6.45) is 1.61. The highest BCUT2D eigenvalue weighted by Gasteiger charge is 2.18. The molecular weight excluding hydrogens is 392 g/mol. The molecule has 0 saturated heterocycles. The summed E-state index contributed by atoms with van der Waals surface area (Å²) in [4.78, 5) is 25.3. The zero-order chi connectivity index (χ0) is 20.5. The average Bonchev–Trinajstić information content (AvgIpc) is 3.13. The number of aromatic nitrogens is 4. The van der Waals surface area contributed by atoms with Crippen molar-refractivity contribution in [1.29, 1.82) is 0 Å². The molecule has 9 heteroatoms. The van der Waals surface area contributed by atoms with Gasteiger partial charge in [0.1, 0.15) is 11.5 Å². The molecule has 146 valence electrons. The first-order valence-electron chi connectivity index (χ1n) is 8.67. The van der Waals surface area contributed by atoms with Gasteiger partial charge in [-0.25, -0.2) is 0 Å². The lowest BCUT2D eigenvalue weighted by Gasteiger charge is -2.09. The number of rotatable bonds is 6. The third-order valence-corrected chi connectivity index (χ3v) is 5.33. The maximum absolute atomic E-state index is 12.8. The topological polar surface area (TPSA) is 110 Å². The zero-order valence-corrected chi connectivity index (χ0v) is 16.0. The minimum atomic E-state index is -0.326. The van der Waals surface area contributed by atoms with E-state index in [1.54, 1.807) is 28.7 Å². The summed E-state index contributed by atoms with van der Waals surface area (Å²) in [5.41, 5.74) is 0.555. The zero-order valence-electron chi connectivity index (χ0n) is 15.1. The Kier molecular flexibility index (Phi) is 4.81. The molecule has 29 heavy (non-hydrogen) atoms. The molecule has 0 aliphatic rings. The number of phenols is 2. The first-order valence-corrected chi connectivity index (χ1v) is 9.65. The first-order chi connectivity index (χ1) is 14.0. The van der Waals surface area contributed by atoms with E-state index in [1.807, 2.05) is 6.07 Å². The number of phenolic OH excluding ortho intramolecular Hbond substituents is 2. The molecule has 0 bridgehead atoms. The van der Waals surface area contributed by atoms with Crippen LogP contribution >= 0.6 is 11.8 Å². The SMILES string of the molecule is C=CCn1c(=O)c2ccccc2n2c(SCC(=O)c3ccc(O)cc3O)nnc12. The van der Waals surface area contributed by atoms with E-state index < -0.39 is 0 Å². The van der Waals surface area contributed by atoms with Crippen LogP contribution in [0.15, 0.2) is 65.1 Å². The smallest absolute Gasteiger partial charge is 0.263 e. The number of aromatic hydroxyl groups is 2. The van der Waals surface area contributed by atoms with E-state index in [4.69, 9.17) is 0 Å². The predicted octanol–water partition coefficient (Wildman–Crippen LogP) is 2.62. The fraction of sp³-hybridized carbons (Fsp3) is 0.100. The summed E-state index contributed by atoms with van der Waals surface area (Å²) in [6, 6.07) is 10.9. The standard InChI is InChI=1S/C20H16N4O4S/c1-2-9-23-18(28)13-5-3-4-6-15(13)24-19(23)21-22-20(24)29-11-17(27)14-8-7-12(25)10-16(14)26/h2-8,10,25-26H,1,9,11H2. The molecule has 8 nitrogen and oxygen atoms in total. The van der Waals surface area contributed by atoms with Crippen molar-refractivity contribution in [3.05, 3.63) is 71.0 Å². The Morgan fingerprint density at radius 3 is 2.72 bits per heavy atom. The fourth-order valence-corrected chi connectivity index (χ4v) is 3.91. The minimum absolute atomic E-state index is 0.00591. The van der Waals surface area contributed by atoms with Gasteiger partial charge < -0.3 is 10.2 Å². The Morgan fingerprint density at radius 2 is 1.97 bits per heavy atom. The lowest BCUT2D eigenvalue weighted by Crippen LogP contribution is -2.22. The van der Waals surface area contributed by atoms with Gasteiger partial charge in [0.05, 0.1) is 22.2 Å². The molecular formula is C20H16N4O4S. The van der Waals surface area contributed by atoms with Crippen LogP contribution in [0.1, 0.15) is 10.4 Å². The Morgan fingerprint density at radius 1 is 1.17 bits per heavy atom. The third kappa shape index (κ3) is 3.25. The molecule has 0 aliphatic heterocycles. The molecule has 0 spiro atoms. The van der Waals surface area contributed by atoms with E-state index in [1.165, 1.54) is 16.7 Å². The molecule has 0 amide bonds. The second-order valence-corrected chi connectivity index (χ2v) is 7.20. The molecule has 0 unspecified atom stereocenters. The summed E-state index contributed by atoms with van der Waals surface area (Å²) in [5.74, 6) is -0.383. The largest absolute Gasteiger partial charge is 0.508 e. The number of hydrogen-bond donors (Lipinski definition) is 2. The molecule has 4 aromatic rings. The van der Waals surface area contributed by atoms with E-state index in [2.05, 4.69) is 16.8 Å². The normalized spacial score (nSPS) is 11.2. The molecule has 0 atom stereocenters. The Bertz CT molecular complexity index is 1330. The number of carbonyl (C=O) groups is 1. The molecule has 2 aromatic heterocycles. The number of ketones is 1. The minimum Gasteiger partial charge on any atom is -0.508 e. The van der Waals surface area contributed by atoms with Crippen LogP contribution in [0.5, 0.6) is 11.5 Å². The highest BCUT2D eigenvalue weighted by atomic mass is 32.2. The maximum Gasteiger partial charge on any atom is 0.263 e. The molecule has 2 aromatic carbocycles. The van der Waals surface area contributed by atoms with E-state index in [0.29, 0.717) is 21.8 Å². The lowest BCUT2D eigenvalue weighted by atomic mass is 10.1. The second kappa shape index (κ2) is 7.44. The van der Waals surface area contributed by atoms with Crippen molar-refractivity contribution in [2.75, 3.05) is 5.75 Å². The van der Waals surface area contributed by atoms with Gasteiger partial charge in [-0.3, -0.25) is 18.6 Å². The van der Waals surface area contributed by atoms with E-state index in [0.717, 1.165) is 17.8 Å². The number of carbonyl (C=O) groups excluding carboxylic acids is 1. The van der Waals surface area contributed by atoms with E-state index in [-0.39, 0.29) is 40.7 Å². The summed E-state index contributed by atoms with van der Waals surface area (Å²) in [7, 11) is 0. The third-order valence-electron chi connectivity index (χ3n) is 4.40. The number of thioether (sulfide) groups is 1. The molecule has 2 heterocycles. The molecule has 2 N–H and O–H groups in total. The molecule has 4 rings (SSSR count). The number of allylic oxidation sites excluding steroid dienone is 1. The van der Waals surface area contributed by atoms with Crippen LogP contribution < -0.4 is 5.56 Å². The van der Waals surface area contributed by atoms with Crippen LogP contribution in [0.2, 0.25) is 0 Å². The van der Waals surface area contributed by atoms with Gasteiger partial charge >= 0.3 is 0 Å². The van der Waals surface area contributed by atoms with Crippen LogP contribution in [0.3, 0.4) is 0 Å². The van der Waals surface area contributed by atoms with Gasteiger partial charge in [-0.05, 0) is 24.3 Å². The Labute approximate surface area is 168 Å². The average molecular weight is 408 g/mol. The van der Waals surface area contributed by atoms with Gasteiger partial charge in [-0.1, -0.05) is 30.0 Å². The number of hydrogen-bond acceptors (Lipinski definition) is 7. The van der Waals surface area contributed by atoms with Crippen molar-refractivity contribution in [3.8, 4) is 11.5 Å². The van der Waals surface area contributed by atoms with E-state index >= 15 is 0 Å². The van der Waals surface area contributed by atoms with Gasteiger partial charge in [0.2, 0.25) is 5.78 Å². The summed E-state index contributed by atoms with van der Waals surface area (Å²) < 4.78 is 3.20. The van der Waals surface area contributed by atoms with E-state index in [9.17, 15) is 19.8 Å². The molecule has 0 aliphatic carbocycles. The van der Waals surface area contributed by atoms with Crippen molar-refractivity contribution in [3.63, 3.8) is 0 Å². The highest BCUT2D eigenvalue weighted by Crippen LogP contribution is 2.26. The number of benzene rings is 2. The van der Waals surface area contributed by atoms with Gasteiger partial charge in [0, 0.05) is 12.6 Å². The van der Waals surface area contributed by atoms with Gasteiger partial charge in [0.25, 0.3) is 5.56 Å². The monoisotopic (exact) mass is 408 g/mol. The lowest BCUT2D eigenvalue weighted by molar-refractivity contribution is 0.102. The second-order valence-electron chi connectivity index (χ2n) is 6.25. The maximum atomic E-state index is 12.8. The summed E-state index contributed by atoms with van der Waals surface area (Å²) in [5, 5.41) is 28.5. The van der Waals surface area contributed by atoms with Crippen LogP contribution in [0.4, 0.5) is 0 Å². The number of nitrogens with zero attached hydrogens (tertiary/aromatic N) is 4. The first kappa shape index (κ1) is 18.8. The molecule has 0 fully saturated rings. The van der Waals surface area contributed by atoms with Gasteiger partial charge in [-0.15, -0.1) is 16.8 Å². The highest BCUT2D eigenvalue weighted by molar-refractivity contribution is 7.99. The van der Waals surface area contributed by atoms with Crippen LogP contribution in [-0.2, 0) is 6.54 Å². The number of Topliss-reactive ketones (excluding diaryl/α,β-unsaturated/α-hetero) is 1. The fourth-order valence-electron chi connectivity index (χ4n) is 3.08. The summed E-state index contributed by atoms with van der Waals surface area (Å²) in [6.45, 7) is 3.96. The molecule has 0 radical (unpaired) electrons. The van der Waals surface area contributed by atoms with Gasteiger partial charge in [-0.2, -0.15) is 0 Å². The van der Waals surface area contributed by atoms with Crippen molar-refractivity contribution >= 4 is 34.2 Å². The van der Waals surface area contributed by atoms with Crippen LogP contribution in [-0.4, -0.2) is 40.9 Å². The quantitative estimate of drug-likeness (QED) is 0.287. The number of fused-ring (bicyclic) bond motifs is 3. The Hall–Kier alpha value is -3.59. The van der Waals surface area contributed by atoms with Crippen molar-refractivity contribution in [2.24, 2.45) is 0 Å². The Balaban J connectivity index is 1.76. The van der Waals surface area contributed by atoms with Crippen LogP contribution in [0, 0.1) is 0 Å². The van der Waals surface area contributed by atoms with Crippen molar-refractivity contribution < 1.29 is 15.0 Å². The van der Waals surface area contributed by atoms with Gasteiger partial charge in [0.15, 0.2) is 10.9 Å². The number of para-hydroxylation sites is 1.